The highest BCUT2D eigenvalue weighted by Gasteiger charge is 2.08. The molecule has 1 unspecified atom stereocenters. The lowest BCUT2D eigenvalue weighted by molar-refractivity contribution is 0.354. The normalized spacial score (nSPS) is 12.3. The van der Waals surface area contributed by atoms with Gasteiger partial charge in [0.15, 0.2) is 0 Å². The topological polar surface area (TPSA) is 26.0 Å². The summed E-state index contributed by atoms with van der Waals surface area (Å²) in [7, 11) is 0. The Bertz CT molecular complexity index is 59.9. The Morgan fingerprint density at radius 2 is 1.64 bits per heavy atom. The lowest BCUT2D eigenvalue weighted by atomic mass is 9.90. The second kappa shape index (κ2) is 9.96. The fraction of sp³-hybridized carbons (Fsp3) is 1.00. The summed E-state index contributed by atoms with van der Waals surface area (Å²) in [5.41, 5.74) is 5.44. The first-order valence-corrected chi connectivity index (χ1v) is 4.92. The van der Waals surface area contributed by atoms with Crippen LogP contribution in [-0.2, 0) is 0 Å². The van der Waals surface area contributed by atoms with Gasteiger partial charge < -0.3 is 5.73 Å². The Hall–Kier alpha value is -0.0400. The van der Waals surface area contributed by atoms with Gasteiger partial charge in [0.25, 0.3) is 0 Å². The maximum atomic E-state index is 5.44. The third kappa shape index (κ3) is 7.86. The highest BCUT2D eigenvalue weighted by atomic mass is 14.5. The van der Waals surface area contributed by atoms with Crippen LogP contribution in [0.5, 0.6) is 0 Å². The second-order valence-corrected chi connectivity index (χ2v) is 2.99. The van der Waals surface area contributed by atoms with E-state index in [9.17, 15) is 0 Å². The Morgan fingerprint density at radius 3 is 1.73 bits per heavy atom. The van der Waals surface area contributed by atoms with Crippen LogP contribution in [0.1, 0.15) is 47.5 Å². The molecule has 0 rings (SSSR count). The third-order valence-corrected chi connectivity index (χ3v) is 2.00. The van der Waals surface area contributed by atoms with Crippen molar-refractivity contribution >= 4 is 0 Å². The molecule has 0 aliphatic heterocycles. The fourth-order valence-electron chi connectivity index (χ4n) is 1.22. The maximum absolute atomic E-state index is 5.44. The van der Waals surface area contributed by atoms with E-state index in [1.54, 1.807) is 0 Å². The van der Waals surface area contributed by atoms with Gasteiger partial charge in [-0.1, -0.05) is 41.0 Å². The van der Waals surface area contributed by atoms with Crippen LogP contribution in [0.4, 0.5) is 0 Å². The average molecular weight is 159 g/mol. The largest absolute Gasteiger partial charge is 0.330 e. The summed E-state index contributed by atoms with van der Waals surface area (Å²) < 4.78 is 0. The van der Waals surface area contributed by atoms with E-state index in [1.165, 1.54) is 12.8 Å². The number of hydrogen-bond acceptors (Lipinski definition) is 1. The van der Waals surface area contributed by atoms with Crippen molar-refractivity contribution in [3.8, 4) is 0 Å². The monoisotopic (exact) mass is 159 g/mol. The van der Waals surface area contributed by atoms with Crippen molar-refractivity contribution in [3.05, 3.63) is 0 Å². The first-order valence-electron chi connectivity index (χ1n) is 4.92. The summed E-state index contributed by atoms with van der Waals surface area (Å²) in [5, 5.41) is 0. The molecule has 0 aromatic rings. The van der Waals surface area contributed by atoms with Crippen LogP contribution >= 0.6 is 0 Å². The Balaban J connectivity index is 0. The molecule has 1 nitrogen and oxygen atoms in total. The zero-order valence-corrected chi connectivity index (χ0v) is 8.85. The van der Waals surface area contributed by atoms with Crippen LogP contribution in [0.15, 0.2) is 0 Å². The minimum absolute atomic E-state index is 0.804. The molecule has 0 aliphatic carbocycles. The zero-order valence-electron chi connectivity index (χ0n) is 8.85. The Morgan fingerprint density at radius 1 is 1.18 bits per heavy atom. The van der Waals surface area contributed by atoms with Crippen LogP contribution in [0.2, 0.25) is 0 Å². The van der Waals surface area contributed by atoms with Crippen molar-refractivity contribution in [2.24, 2.45) is 17.6 Å². The summed E-state index contributed by atoms with van der Waals surface area (Å²) in [6.45, 7) is 11.6. The molecule has 1 heteroatoms. The molecular weight excluding hydrogens is 134 g/mol. The van der Waals surface area contributed by atoms with E-state index >= 15 is 0 Å². The highest BCUT2D eigenvalue weighted by Crippen LogP contribution is 2.17. The summed E-state index contributed by atoms with van der Waals surface area (Å²) in [6.07, 6.45) is 2.46. The highest BCUT2D eigenvalue weighted by molar-refractivity contribution is 4.60. The molecule has 70 valence electrons. The quantitative estimate of drug-likeness (QED) is 0.670. The van der Waals surface area contributed by atoms with Gasteiger partial charge in [0.05, 0.1) is 0 Å². The average Bonchev–Trinajstić information content (AvgIpc) is 2.03. The van der Waals surface area contributed by atoms with Crippen LogP contribution < -0.4 is 5.73 Å². The van der Waals surface area contributed by atoms with Crippen molar-refractivity contribution < 1.29 is 0 Å². The SMILES string of the molecule is CC.CCC(CCN)C(C)C. The molecule has 0 spiro atoms. The molecule has 11 heavy (non-hydrogen) atoms. The summed E-state index contributed by atoms with van der Waals surface area (Å²) in [6, 6.07) is 0. The van der Waals surface area contributed by atoms with E-state index in [2.05, 4.69) is 20.8 Å². The molecule has 0 aliphatic rings. The van der Waals surface area contributed by atoms with Crippen molar-refractivity contribution in [2.45, 2.75) is 47.5 Å². The van der Waals surface area contributed by atoms with Crippen molar-refractivity contribution in [2.75, 3.05) is 6.54 Å². The summed E-state index contributed by atoms with van der Waals surface area (Å²) in [5.74, 6) is 1.65. The van der Waals surface area contributed by atoms with E-state index in [1.807, 2.05) is 13.8 Å². The van der Waals surface area contributed by atoms with Gasteiger partial charge in [0.2, 0.25) is 0 Å². The molecule has 0 fully saturated rings. The van der Waals surface area contributed by atoms with Crippen LogP contribution in [0, 0.1) is 11.8 Å². The van der Waals surface area contributed by atoms with Gasteiger partial charge in [-0.3, -0.25) is 0 Å². The summed E-state index contributed by atoms with van der Waals surface area (Å²) in [4.78, 5) is 0. The van der Waals surface area contributed by atoms with E-state index in [0.717, 1.165) is 18.4 Å². The predicted molar refractivity (Wildman–Crippen MR) is 53.6 cm³/mol. The van der Waals surface area contributed by atoms with Gasteiger partial charge in [-0.25, -0.2) is 0 Å². The molecule has 0 saturated carbocycles. The fourth-order valence-corrected chi connectivity index (χ4v) is 1.22. The zero-order chi connectivity index (χ0) is 9.28. The van der Waals surface area contributed by atoms with E-state index in [4.69, 9.17) is 5.73 Å². The maximum Gasteiger partial charge on any atom is -0.00745 e. The molecule has 0 amide bonds. The molecule has 2 N–H and O–H groups in total. The summed E-state index contributed by atoms with van der Waals surface area (Å²) >= 11 is 0. The number of hydrogen-bond donors (Lipinski definition) is 1. The molecule has 0 saturated heterocycles. The smallest absolute Gasteiger partial charge is 0.00745 e. The minimum Gasteiger partial charge on any atom is -0.330 e. The van der Waals surface area contributed by atoms with E-state index in [0.29, 0.717) is 0 Å². The molecule has 0 heterocycles. The van der Waals surface area contributed by atoms with E-state index < -0.39 is 0 Å². The lowest BCUT2D eigenvalue weighted by Gasteiger charge is -2.16. The number of rotatable bonds is 4. The van der Waals surface area contributed by atoms with Crippen molar-refractivity contribution in [1.29, 1.82) is 0 Å². The molecule has 0 aromatic heterocycles. The second-order valence-electron chi connectivity index (χ2n) is 2.99. The van der Waals surface area contributed by atoms with Gasteiger partial charge in [0.1, 0.15) is 0 Å². The predicted octanol–water partition coefficient (Wildman–Crippen LogP) is 3.04. The van der Waals surface area contributed by atoms with Crippen LogP contribution in [0.3, 0.4) is 0 Å². The molecule has 1 atom stereocenters. The molecular formula is C10H25N. The van der Waals surface area contributed by atoms with Crippen molar-refractivity contribution in [1.82, 2.24) is 0 Å². The van der Waals surface area contributed by atoms with Gasteiger partial charge >= 0.3 is 0 Å². The van der Waals surface area contributed by atoms with Gasteiger partial charge in [0, 0.05) is 0 Å². The minimum atomic E-state index is 0.804. The standard InChI is InChI=1S/C8H19N.C2H6/c1-4-8(5-6-9)7(2)3;1-2/h7-8H,4-6,9H2,1-3H3;1-2H3. The first-order chi connectivity index (χ1) is 5.22. The van der Waals surface area contributed by atoms with Gasteiger partial charge in [-0.2, -0.15) is 0 Å². The molecule has 0 radical (unpaired) electrons. The van der Waals surface area contributed by atoms with Gasteiger partial charge in [-0.05, 0) is 24.8 Å². The Kier molecular flexibility index (Phi) is 12.3. The molecule has 0 aromatic carbocycles. The third-order valence-electron chi connectivity index (χ3n) is 2.00. The van der Waals surface area contributed by atoms with Crippen molar-refractivity contribution in [3.63, 3.8) is 0 Å². The van der Waals surface area contributed by atoms with Crippen LogP contribution in [-0.4, -0.2) is 6.54 Å². The van der Waals surface area contributed by atoms with E-state index in [-0.39, 0.29) is 0 Å². The van der Waals surface area contributed by atoms with Crippen LogP contribution in [0.25, 0.3) is 0 Å². The Labute approximate surface area is 72.4 Å². The number of nitrogens with two attached hydrogens (primary N) is 1. The molecule has 0 bridgehead atoms. The lowest BCUT2D eigenvalue weighted by Crippen LogP contribution is -2.12. The van der Waals surface area contributed by atoms with Gasteiger partial charge in [-0.15, -0.1) is 0 Å². The first kappa shape index (κ1) is 13.5.